The molecule has 106 valence electrons. The van der Waals surface area contributed by atoms with Crippen LogP contribution in [-0.4, -0.2) is 22.9 Å². The number of nitrogens with zero attached hydrogens (tertiary/aromatic N) is 3. The molecule has 0 atom stereocenters. The molecule has 2 heterocycles. The van der Waals surface area contributed by atoms with E-state index in [0.29, 0.717) is 0 Å². The van der Waals surface area contributed by atoms with Crippen molar-refractivity contribution < 1.29 is 0 Å². The number of hydrogen-bond donors (Lipinski definition) is 1. The van der Waals surface area contributed by atoms with Crippen LogP contribution in [-0.2, 0) is 13.1 Å². The molecular formula is C16H22N4. The van der Waals surface area contributed by atoms with Gasteiger partial charge in [0, 0.05) is 37.2 Å². The Hall–Kier alpha value is -1.97. The Labute approximate surface area is 120 Å². The molecule has 0 amide bonds. The van der Waals surface area contributed by atoms with E-state index in [1.807, 2.05) is 10.9 Å². The zero-order valence-corrected chi connectivity index (χ0v) is 12.0. The third-order valence-corrected chi connectivity index (χ3v) is 3.90. The van der Waals surface area contributed by atoms with E-state index in [2.05, 4.69) is 52.6 Å². The first-order chi connectivity index (χ1) is 9.86. The second-order valence-corrected chi connectivity index (χ2v) is 5.24. The molecule has 0 aliphatic carbocycles. The van der Waals surface area contributed by atoms with Crippen molar-refractivity contribution >= 4 is 11.4 Å². The summed E-state index contributed by atoms with van der Waals surface area (Å²) in [5, 5.41) is 7.79. The highest BCUT2D eigenvalue weighted by atomic mass is 15.3. The Bertz CT molecular complexity index is 555. The van der Waals surface area contributed by atoms with Gasteiger partial charge in [0.05, 0.1) is 12.2 Å². The van der Waals surface area contributed by atoms with E-state index >= 15 is 0 Å². The Morgan fingerprint density at radius 3 is 2.85 bits per heavy atom. The number of benzene rings is 1. The number of hydrogen-bond acceptors (Lipinski definition) is 3. The van der Waals surface area contributed by atoms with Crippen molar-refractivity contribution in [3.8, 4) is 0 Å². The first-order valence-corrected chi connectivity index (χ1v) is 7.46. The standard InChI is InChI=1S/C16H22N4/c1-2-20-16(8-9-18-20)13-17-14-6-5-7-15(12-14)19-10-3-4-11-19/h5-9,12,17H,2-4,10-11,13H2,1H3. The SMILES string of the molecule is CCn1nccc1CNc1cccc(N2CCCC2)c1. The maximum absolute atomic E-state index is 4.30. The molecule has 0 bridgehead atoms. The van der Waals surface area contributed by atoms with E-state index in [0.717, 1.165) is 13.1 Å². The molecule has 1 aliphatic rings. The van der Waals surface area contributed by atoms with E-state index in [4.69, 9.17) is 0 Å². The minimum Gasteiger partial charge on any atom is -0.379 e. The van der Waals surface area contributed by atoms with Crippen LogP contribution in [0.2, 0.25) is 0 Å². The lowest BCUT2D eigenvalue weighted by molar-refractivity contribution is 0.627. The second kappa shape index (κ2) is 5.99. The van der Waals surface area contributed by atoms with Gasteiger partial charge in [-0.3, -0.25) is 4.68 Å². The summed E-state index contributed by atoms with van der Waals surface area (Å²) >= 11 is 0. The van der Waals surface area contributed by atoms with Gasteiger partial charge in [-0.2, -0.15) is 5.10 Å². The van der Waals surface area contributed by atoms with Gasteiger partial charge in [-0.05, 0) is 44.0 Å². The number of aromatic nitrogens is 2. The van der Waals surface area contributed by atoms with Crippen molar-refractivity contribution in [3.63, 3.8) is 0 Å². The van der Waals surface area contributed by atoms with Gasteiger partial charge in [0.2, 0.25) is 0 Å². The topological polar surface area (TPSA) is 33.1 Å². The van der Waals surface area contributed by atoms with Crippen LogP contribution in [0.3, 0.4) is 0 Å². The summed E-state index contributed by atoms with van der Waals surface area (Å²) in [5.74, 6) is 0. The molecule has 1 aliphatic heterocycles. The van der Waals surface area contributed by atoms with Crippen molar-refractivity contribution in [2.24, 2.45) is 0 Å². The molecule has 20 heavy (non-hydrogen) atoms. The van der Waals surface area contributed by atoms with Gasteiger partial charge in [-0.1, -0.05) is 6.07 Å². The van der Waals surface area contributed by atoms with Gasteiger partial charge in [0.1, 0.15) is 0 Å². The van der Waals surface area contributed by atoms with E-state index in [1.165, 1.54) is 43.0 Å². The quantitative estimate of drug-likeness (QED) is 0.906. The molecule has 1 aromatic carbocycles. The van der Waals surface area contributed by atoms with Gasteiger partial charge in [0.25, 0.3) is 0 Å². The van der Waals surface area contributed by atoms with Crippen molar-refractivity contribution in [1.29, 1.82) is 0 Å². The largest absolute Gasteiger partial charge is 0.379 e. The van der Waals surface area contributed by atoms with Crippen molar-refractivity contribution in [2.45, 2.75) is 32.9 Å². The molecule has 0 spiro atoms. The molecule has 0 saturated carbocycles. The highest BCUT2D eigenvalue weighted by Crippen LogP contribution is 2.23. The predicted molar refractivity (Wildman–Crippen MR) is 83.1 cm³/mol. The number of aryl methyl sites for hydroxylation is 1. The van der Waals surface area contributed by atoms with Crippen LogP contribution in [0.4, 0.5) is 11.4 Å². The van der Waals surface area contributed by atoms with E-state index in [1.54, 1.807) is 0 Å². The van der Waals surface area contributed by atoms with Crippen LogP contribution in [0.25, 0.3) is 0 Å². The van der Waals surface area contributed by atoms with Crippen molar-refractivity contribution in [1.82, 2.24) is 9.78 Å². The average molecular weight is 270 g/mol. The van der Waals surface area contributed by atoms with Crippen LogP contribution in [0.1, 0.15) is 25.5 Å². The predicted octanol–water partition coefficient (Wildman–Crippen LogP) is 3.12. The third kappa shape index (κ3) is 2.79. The molecular weight excluding hydrogens is 248 g/mol. The van der Waals surface area contributed by atoms with Crippen molar-refractivity contribution in [3.05, 3.63) is 42.2 Å². The molecule has 4 heteroatoms. The van der Waals surface area contributed by atoms with Gasteiger partial charge in [0.15, 0.2) is 0 Å². The lowest BCUT2D eigenvalue weighted by Gasteiger charge is -2.18. The fraction of sp³-hybridized carbons (Fsp3) is 0.438. The third-order valence-electron chi connectivity index (χ3n) is 3.90. The summed E-state index contributed by atoms with van der Waals surface area (Å²) in [4.78, 5) is 2.46. The lowest BCUT2D eigenvalue weighted by atomic mass is 10.2. The Morgan fingerprint density at radius 2 is 2.05 bits per heavy atom. The highest BCUT2D eigenvalue weighted by Gasteiger charge is 2.12. The summed E-state index contributed by atoms with van der Waals surface area (Å²) in [6, 6.07) is 10.8. The molecule has 2 aromatic rings. The number of nitrogens with one attached hydrogen (secondary N) is 1. The Kier molecular flexibility index (Phi) is 3.90. The van der Waals surface area contributed by atoms with Gasteiger partial charge >= 0.3 is 0 Å². The number of anilines is 2. The smallest absolute Gasteiger partial charge is 0.0575 e. The van der Waals surface area contributed by atoms with Crippen LogP contribution in [0.15, 0.2) is 36.5 Å². The zero-order valence-electron chi connectivity index (χ0n) is 12.0. The highest BCUT2D eigenvalue weighted by molar-refractivity contribution is 5.58. The molecule has 4 nitrogen and oxygen atoms in total. The molecule has 1 aromatic heterocycles. The second-order valence-electron chi connectivity index (χ2n) is 5.24. The summed E-state index contributed by atoms with van der Waals surface area (Å²) in [6.07, 6.45) is 4.49. The summed E-state index contributed by atoms with van der Waals surface area (Å²) < 4.78 is 2.03. The fourth-order valence-corrected chi connectivity index (χ4v) is 2.78. The van der Waals surface area contributed by atoms with E-state index < -0.39 is 0 Å². The molecule has 1 fully saturated rings. The molecule has 1 saturated heterocycles. The van der Waals surface area contributed by atoms with Gasteiger partial charge in [-0.25, -0.2) is 0 Å². The first kappa shape index (κ1) is 13.0. The molecule has 0 unspecified atom stereocenters. The first-order valence-electron chi connectivity index (χ1n) is 7.46. The van der Waals surface area contributed by atoms with E-state index in [9.17, 15) is 0 Å². The fourth-order valence-electron chi connectivity index (χ4n) is 2.78. The monoisotopic (exact) mass is 270 g/mol. The molecule has 1 N–H and O–H groups in total. The maximum atomic E-state index is 4.30. The summed E-state index contributed by atoms with van der Waals surface area (Å²) in [6.45, 7) is 6.22. The van der Waals surface area contributed by atoms with Crippen molar-refractivity contribution in [2.75, 3.05) is 23.3 Å². The van der Waals surface area contributed by atoms with Gasteiger partial charge in [-0.15, -0.1) is 0 Å². The minimum absolute atomic E-state index is 0.817. The van der Waals surface area contributed by atoms with Crippen LogP contribution < -0.4 is 10.2 Å². The van der Waals surface area contributed by atoms with E-state index in [-0.39, 0.29) is 0 Å². The molecule has 3 rings (SSSR count). The normalized spacial score (nSPS) is 14.8. The van der Waals surface area contributed by atoms with Crippen LogP contribution in [0, 0.1) is 0 Å². The van der Waals surface area contributed by atoms with Crippen LogP contribution >= 0.6 is 0 Å². The molecule has 0 radical (unpaired) electrons. The van der Waals surface area contributed by atoms with Crippen LogP contribution in [0.5, 0.6) is 0 Å². The van der Waals surface area contributed by atoms with Gasteiger partial charge < -0.3 is 10.2 Å². The average Bonchev–Trinajstić information content (AvgIpc) is 3.16. The Balaban J connectivity index is 1.67. The minimum atomic E-state index is 0.817. The lowest BCUT2D eigenvalue weighted by Crippen LogP contribution is -2.17. The number of rotatable bonds is 5. The summed E-state index contributed by atoms with van der Waals surface area (Å²) in [7, 11) is 0. The Morgan fingerprint density at radius 1 is 1.20 bits per heavy atom. The summed E-state index contributed by atoms with van der Waals surface area (Å²) in [5.41, 5.74) is 3.73. The zero-order chi connectivity index (χ0) is 13.8. The maximum Gasteiger partial charge on any atom is 0.0575 e.